The Morgan fingerprint density at radius 1 is 1.45 bits per heavy atom. The van der Waals surface area contributed by atoms with Gasteiger partial charge in [-0.2, -0.15) is 4.98 Å². The van der Waals surface area contributed by atoms with Crippen LogP contribution in [0.3, 0.4) is 0 Å². The highest BCUT2D eigenvalue weighted by Gasteiger charge is 2.34. The Labute approximate surface area is 114 Å². The Kier molecular flexibility index (Phi) is 2.29. The van der Waals surface area contributed by atoms with Crippen molar-refractivity contribution < 1.29 is 4.74 Å². The molecule has 104 valence electrons. The lowest BCUT2D eigenvalue weighted by molar-refractivity contribution is 0.0414. The normalized spacial score (nSPS) is 28.0. The van der Waals surface area contributed by atoms with Crippen LogP contribution >= 0.6 is 0 Å². The Morgan fingerprint density at radius 2 is 2.30 bits per heavy atom. The fourth-order valence-electron chi connectivity index (χ4n) is 3.17. The predicted molar refractivity (Wildman–Crippen MR) is 74.9 cm³/mol. The Hall–Kier alpha value is -2.15. The van der Waals surface area contributed by atoms with Crippen molar-refractivity contribution in [3.05, 3.63) is 22.2 Å². The Balaban J connectivity index is 1.95. The zero-order chi connectivity index (χ0) is 13.9. The number of aromatic amines is 1. The van der Waals surface area contributed by atoms with E-state index in [9.17, 15) is 4.79 Å². The fraction of sp³-hybridized carbons (Fsp3) is 0.462. The molecule has 2 aromatic heterocycles. The topological polar surface area (TPSA) is 84.3 Å². The molecular formula is C13H15N5O2. The smallest absolute Gasteiger partial charge is 0.347 e. The number of rotatable bonds is 1. The van der Waals surface area contributed by atoms with Gasteiger partial charge in [0.25, 0.3) is 0 Å². The molecule has 3 unspecified atom stereocenters. The van der Waals surface area contributed by atoms with E-state index in [4.69, 9.17) is 4.74 Å². The average molecular weight is 273 g/mol. The summed E-state index contributed by atoms with van der Waals surface area (Å²) < 4.78 is 7.91. The van der Waals surface area contributed by atoms with E-state index in [1.807, 2.05) is 10.7 Å². The number of hydrogen-bond acceptors (Lipinski definition) is 5. The minimum absolute atomic E-state index is 0.00718. The fourth-order valence-corrected chi connectivity index (χ4v) is 3.17. The number of aliphatic imine (C=N–C) groups is 1. The summed E-state index contributed by atoms with van der Waals surface area (Å²) in [5, 5.41) is 0. The van der Waals surface area contributed by atoms with Crippen LogP contribution in [0.5, 0.6) is 0 Å². The summed E-state index contributed by atoms with van der Waals surface area (Å²) in [7, 11) is 0. The molecule has 7 nitrogen and oxygen atoms in total. The Morgan fingerprint density at radius 3 is 3.05 bits per heavy atom. The van der Waals surface area contributed by atoms with Crippen LogP contribution in [-0.4, -0.2) is 27.1 Å². The third-order valence-electron chi connectivity index (χ3n) is 3.95. The van der Waals surface area contributed by atoms with Gasteiger partial charge in [0, 0.05) is 0 Å². The second kappa shape index (κ2) is 3.92. The van der Waals surface area contributed by atoms with Gasteiger partial charge in [0.15, 0.2) is 5.82 Å². The predicted octanol–water partition coefficient (Wildman–Crippen LogP) is 1.43. The quantitative estimate of drug-likeness (QED) is 0.823. The summed E-state index contributed by atoms with van der Waals surface area (Å²) in [4.78, 5) is 22.3. The molecule has 0 amide bonds. The van der Waals surface area contributed by atoms with E-state index in [0.717, 1.165) is 23.1 Å². The number of H-pyrrole nitrogens is 1. The molecule has 0 radical (unpaired) electrons. The molecule has 0 aromatic carbocycles. The lowest BCUT2D eigenvalue weighted by Gasteiger charge is -2.19. The van der Waals surface area contributed by atoms with Crippen LogP contribution < -0.4 is 11.1 Å². The molecule has 0 bridgehead atoms. The summed E-state index contributed by atoms with van der Waals surface area (Å²) in [5.74, 6) is 0.863. The van der Waals surface area contributed by atoms with Crippen molar-refractivity contribution in [1.82, 2.24) is 14.6 Å². The standard InChI is InChI=1S/C13H15N5O2/c1-6-3-7(2)20-11(6)9-4-8-10-12(17-13(19)16-8)14-5-15-18(9)10/h4-7,11H,3H2,1-2H3,(H2,14,15,16,17,19). The van der Waals surface area contributed by atoms with Crippen molar-refractivity contribution in [3.8, 4) is 0 Å². The molecule has 4 heterocycles. The van der Waals surface area contributed by atoms with E-state index in [2.05, 4.69) is 34.2 Å². The lowest BCUT2D eigenvalue weighted by Crippen LogP contribution is -2.22. The number of aromatic nitrogens is 3. The molecule has 1 fully saturated rings. The highest BCUT2D eigenvalue weighted by atomic mass is 16.5. The van der Waals surface area contributed by atoms with Crippen LogP contribution in [0.1, 0.15) is 32.1 Å². The molecule has 1 saturated heterocycles. The monoisotopic (exact) mass is 273 g/mol. The van der Waals surface area contributed by atoms with E-state index in [1.165, 1.54) is 0 Å². The van der Waals surface area contributed by atoms with Crippen LogP contribution in [0.15, 0.2) is 15.9 Å². The molecule has 0 saturated carbocycles. The maximum absolute atomic E-state index is 11.5. The van der Waals surface area contributed by atoms with Gasteiger partial charge in [-0.05, 0) is 25.3 Å². The molecular weight excluding hydrogens is 258 g/mol. The van der Waals surface area contributed by atoms with Crippen LogP contribution in [0, 0.1) is 5.92 Å². The van der Waals surface area contributed by atoms with Crippen molar-refractivity contribution in [2.24, 2.45) is 10.9 Å². The van der Waals surface area contributed by atoms with Gasteiger partial charge in [0.1, 0.15) is 18.0 Å². The van der Waals surface area contributed by atoms with E-state index in [1.54, 1.807) is 6.34 Å². The maximum Gasteiger partial charge on any atom is 0.347 e. The van der Waals surface area contributed by atoms with E-state index >= 15 is 0 Å². The van der Waals surface area contributed by atoms with Crippen molar-refractivity contribution in [1.29, 1.82) is 0 Å². The molecule has 7 heteroatoms. The van der Waals surface area contributed by atoms with Crippen molar-refractivity contribution in [3.63, 3.8) is 0 Å². The molecule has 2 aliphatic heterocycles. The summed E-state index contributed by atoms with van der Waals surface area (Å²) in [6, 6.07) is 1.95. The summed E-state index contributed by atoms with van der Waals surface area (Å²) in [6.07, 6.45) is 2.82. The molecule has 2 aliphatic rings. The first kappa shape index (κ1) is 11.7. The van der Waals surface area contributed by atoms with Crippen molar-refractivity contribution >= 4 is 23.2 Å². The van der Waals surface area contributed by atoms with Crippen molar-refractivity contribution in [2.45, 2.75) is 32.5 Å². The SMILES string of the molecule is CC1CC(C)C(c2cc3[nH]c(=O)nc4c3n2NC=N4)O1. The Bertz CT molecular complexity index is 775. The molecule has 20 heavy (non-hydrogen) atoms. The first-order valence-corrected chi connectivity index (χ1v) is 6.73. The van der Waals surface area contributed by atoms with Gasteiger partial charge >= 0.3 is 5.69 Å². The first-order valence-electron chi connectivity index (χ1n) is 6.73. The first-order chi connectivity index (χ1) is 9.63. The molecule has 0 aliphatic carbocycles. The van der Waals surface area contributed by atoms with Gasteiger partial charge in [0.2, 0.25) is 0 Å². The number of nitrogens with one attached hydrogen (secondary N) is 2. The van der Waals surface area contributed by atoms with Crippen LogP contribution in [0.4, 0.5) is 5.82 Å². The zero-order valence-electron chi connectivity index (χ0n) is 11.3. The van der Waals surface area contributed by atoms with Crippen LogP contribution in [0.2, 0.25) is 0 Å². The second-order valence-corrected chi connectivity index (χ2v) is 5.50. The van der Waals surface area contributed by atoms with Gasteiger partial charge in [-0.15, -0.1) is 0 Å². The van der Waals surface area contributed by atoms with Gasteiger partial charge in [0.05, 0.1) is 17.3 Å². The van der Waals surface area contributed by atoms with Crippen LogP contribution in [0.25, 0.3) is 11.0 Å². The molecule has 2 aromatic rings. The van der Waals surface area contributed by atoms with Gasteiger partial charge < -0.3 is 9.72 Å². The minimum atomic E-state index is -0.385. The third-order valence-corrected chi connectivity index (χ3v) is 3.95. The van der Waals surface area contributed by atoms with E-state index in [0.29, 0.717) is 11.7 Å². The largest absolute Gasteiger partial charge is 0.369 e. The van der Waals surface area contributed by atoms with Crippen LogP contribution in [-0.2, 0) is 4.74 Å². The van der Waals surface area contributed by atoms with Gasteiger partial charge in [-0.25, -0.2) is 9.79 Å². The number of ether oxygens (including phenoxy) is 1. The highest BCUT2D eigenvalue weighted by molar-refractivity contribution is 5.91. The summed E-state index contributed by atoms with van der Waals surface area (Å²) in [5.41, 5.74) is 5.22. The van der Waals surface area contributed by atoms with E-state index in [-0.39, 0.29) is 17.9 Å². The van der Waals surface area contributed by atoms with Crippen molar-refractivity contribution in [2.75, 3.05) is 5.43 Å². The average Bonchev–Trinajstić information content (AvgIpc) is 2.91. The molecule has 3 atom stereocenters. The minimum Gasteiger partial charge on any atom is -0.369 e. The second-order valence-electron chi connectivity index (χ2n) is 5.50. The summed E-state index contributed by atoms with van der Waals surface area (Å²) in [6.45, 7) is 4.26. The van der Waals surface area contributed by atoms with Gasteiger partial charge in [-0.3, -0.25) is 10.1 Å². The van der Waals surface area contributed by atoms with Gasteiger partial charge in [-0.1, -0.05) is 6.92 Å². The highest BCUT2D eigenvalue weighted by Crippen LogP contribution is 2.40. The summed E-state index contributed by atoms with van der Waals surface area (Å²) >= 11 is 0. The lowest BCUT2D eigenvalue weighted by atomic mass is 10.00. The maximum atomic E-state index is 11.5. The van der Waals surface area contributed by atoms with E-state index < -0.39 is 0 Å². The molecule has 2 N–H and O–H groups in total. The third kappa shape index (κ3) is 1.53. The number of hydrogen-bond donors (Lipinski definition) is 2. The zero-order valence-corrected chi connectivity index (χ0v) is 11.3. The molecule has 4 rings (SSSR count). The molecule has 0 spiro atoms. The number of nitrogens with zero attached hydrogens (tertiary/aromatic N) is 3.